The molecule has 1 aromatic heterocycles. The molecular formula is C15H20N2O2S2. The number of hydrogen-bond donors (Lipinski definition) is 1. The second-order valence-electron chi connectivity index (χ2n) is 5.14. The first-order valence-electron chi connectivity index (χ1n) is 6.71. The summed E-state index contributed by atoms with van der Waals surface area (Å²) in [5, 5.41) is 4.31. The highest BCUT2D eigenvalue weighted by atomic mass is 32.2. The van der Waals surface area contributed by atoms with Gasteiger partial charge in [0.05, 0.1) is 15.6 Å². The molecule has 114 valence electrons. The third kappa shape index (κ3) is 3.90. The van der Waals surface area contributed by atoms with Gasteiger partial charge in [-0.2, -0.15) is 0 Å². The van der Waals surface area contributed by atoms with E-state index in [0.717, 1.165) is 22.7 Å². The fourth-order valence-corrected chi connectivity index (χ4v) is 3.80. The van der Waals surface area contributed by atoms with E-state index in [4.69, 9.17) is 0 Å². The lowest BCUT2D eigenvalue weighted by molar-refractivity contribution is 0.585. The first-order valence-corrected chi connectivity index (χ1v) is 9.42. The Bertz CT molecular complexity index is 716. The lowest BCUT2D eigenvalue weighted by Gasteiger charge is -2.16. The number of hydrogen-bond acceptors (Lipinski definition) is 5. The summed E-state index contributed by atoms with van der Waals surface area (Å²) in [7, 11) is -1.30. The van der Waals surface area contributed by atoms with Crippen LogP contribution in [0.15, 0.2) is 29.2 Å². The van der Waals surface area contributed by atoms with Gasteiger partial charge < -0.3 is 5.32 Å². The number of nitrogens with one attached hydrogen (secondary N) is 1. The van der Waals surface area contributed by atoms with Gasteiger partial charge in [-0.3, -0.25) is 0 Å². The standard InChI is InChI=1S/C15H20N2O2S2/c1-10-11(2)20-15(17-10)9-14(16-3)12-6-5-7-13(8-12)21(4,18)19/h5-8,14,16H,9H2,1-4H3. The summed E-state index contributed by atoms with van der Waals surface area (Å²) in [5.41, 5.74) is 2.03. The zero-order chi connectivity index (χ0) is 15.6. The van der Waals surface area contributed by atoms with Crippen molar-refractivity contribution in [3.8, 4) is 0 Å². The predicted octanol–water partition coefficient (Wildman–Crippen LogP) is 2.67. The van der Waals surface area contributed by atoms with E-state index in [-0.39, 0.29) is 6.04 Å². The Morgan fingerprint density at radius 3 is 2.57 bits per heavy atom. The summed E-state index contributed by atoms with van der Waals surface area (Å²) in [5.74, 6) is 0. The number of aryl methyl sites for hydroxylation is 2. The molecule has 0 spiro atoms. The molecular weight excluding hydrogens is 304 g/mol. The molecule has 1 unspecified atom stereocenters. The first kappa shape index (κ1) is 16.1. The van der Waals surface area contributed by atoms with Crippen LogP contribution >= 0.6 is 11.3 Å². The highest BCUT2D eigenvalue weighted by molar-refractivity contribution is 7.90. The van der Waals surface area contributed by atoms with Crippen LogP contribution in [0.3, 0.4) is 0 Å². The molecule has 21 heavy (non-hydrogen) atoms. The highest BCUT2D eigenvalue weighted by Gasteiger charge is 2.16. The number of sulfone groups is 1. The summed E-state index contributed by atoms with van der Waals surface area (Å²) in [6, 6.07) is 7.15. The first-order chi connectivity index (χ1) is 9.81. The summed E-state index contributed by atoms with van der Waals surface area (Å²) in [6.45, 7) is 4.07. The van der Waals surface area contributed by atoms with Gasteiger partial charge in [0.2, 0.25) is 0 Å². The van der Waals surface area contributed by atoms with Gasteiger partial charge in [0, 0.05) is 23.6 Å². The van der Waals surface area contributed by atoms with Crippen molar-refractivity contribution in [2.75, 3.05) is 13.3 Å². The van der Waals surface area contributed by atoms with Crippen molar-refractivity contribution in [2.24, 2.45) is 0 Å². The highest BCUT2D eigenvalue weighted by Crippen LogP contribution is 2.24. The third-order valence-electron chi connectivity index (χ3n) is 3.49. The Morgan fingerprint density at radius 1 is 1.33 bits per heavy atom. The van der Waals surface area contributed by atoms with Gasteiger partial charge in [0.1, 0.15) is 0 Å². The summed E-state index contributed by atoms with van der Waals surface area (Å²) >= 11 is 1.69. The van der Waals surface area contributed by atoms with Crippen molar-refractivity contribution in [1.82, 2.24) is 10.3 Å². The van der Waals surface area contributed by atoms with E-state index in [0.29, 0.717) is 4.90 Å². The van der Waals surface area contributed by atoms with E-state index in [1.54, 1.807) is 29.5 Å². The molecule has 0 aliphatic rings. The second-order valence-corrected chi connectivity index (χ2v) is 8.44. The van der Waals surface area contributed by atoms with Gasteiger partial charge in [-0.25, -0.2) is 13.4 Å². The Morgan fingerprint density at radius 2 is 2.05 bits per heavy atom. The molecule has 1 atom stereocenters. The lowest BCUT2D eigenvalue weighted by Crippen LogP contribution is -2.19. The fraction of sp³-hybridized carbons (Fsp3) is 0.400. The zero-order valence-corrected chi connectivity index (χ0v) is 14.3. The molecule has 0 saturated heterocycles. The van der Waals surface area contributed by atoms with Gasteiger partial charge in [0.25, 0.3) is 0 Å². The van der Waals surface area contributed by atoms with Crippen LogP contribution in [0.4, 0.5) is 0 Å². The number of nitrogens with zero attached hydrogens (tertiary/aromatic N) is 1. The van der Waals surface area contributed by atoms with Gasteiger partial charge in [-0.15, -0.1) is 11.3 Å². The van der Waals surface area contributed by atoms with E-state index < -0.39 is 9.84 Å². The van der Waals surface area contributed by atoms with Crippen molar-refractivity contribution in [3.63, 3.8) is 0 Å². The Hall–Kier alpha value is -1.24. The summed E-state index contributed by atoms with van der Waals surface area (Å²) in [6.07, 6.45) is 1.98. The lowest BCUT2D eigenvalue weighted by atomic mass is 10.0. The van der Waals surface area contributed by atoms with Crippen LogP contribution in [0.1, 0.15) is 27.2 Å². The normalized spacial score (nSPS) is 13.3. The Kier molecular flexibility index (Phi) is 4.81. The van der Waals surface area contributed by atoms with Crippen molar-refractivity contribution in [3.05, 3.63) is 45.4 Å². The Balaban J connectivity index is 2.29. The summed E-state index contributed by atoms with van der Waals surface area (Å²) in [4.78, 5) is 6.14. The monoisotopic (exact) mass is 324 g/mol. The van der Waals surface area contributed by atoms with Crippen molar-refractivity contribution >= 4 is 21.2 Å². The molecule has 1 N–H and O–H groups in total. The molecule has 2 aromatic rings. The maximum atomic E-state index is 11.7. The zero-order valence-electron chi connectivity index (χ0n) is 12.7. The van der Waals surface area contributed by atoms with E-state index in [1.807, 2.05) is 20.0 Å². The Labute approximate surface area is 130 Å². The van der Waals surface area contributed by atoms with Crippen LogP contribution in [0, 0.1) is 13.8 Å². The predicted molar refractivity (Wildman–Crippen MR) is 86.6 cm³/mol. The molecule has 0 aliphatic heterocycles. The molecule has 0 radical (unpaired) electrons. The number of aromatic nitrogens is 1. The minimum Gasteiger partial charge on any atom is -0.313 e. The summed E-state index contributed by atoms with van der Waals surface area (Å²) < 4.78 is 23.3. The number of benzene rings is 1. The van der Waals surface area contributed by atoms with Crippen LogP contribution in [0.2, 0.25) is 0 Å². The van der Waals surface area contributed by atoms with E-state index >= 15 is 0 Å². The van der Waals surface area contributed by atoms with Crippen molar-refractivity contribution in [1.29, 1.82) is 0 Å². The molecule has 6 heteroatoms. The van der Waals surface area contributed by atoms with Crippen LogP contribution in [-0.2, 0) is 16.3 Å². The number of rotatable bonds is 5. The SMILES string of the molecule is CNC(Cc1nc(C)c(C)s1)c1cccc(S(C)(=O)=O)c1. The molecule has 2 rings (SSSR count). The van der Waals surface area contributed by atoms with E-state index in [2.05, 4.69) is 17.2 Å². The minimum atomic E-state index is -3.18. The molecule has 0 saturated carbocycles. The largest absolute Gasteiger partial charge is 0.313 e. The topological polar surface area (TPSA) is 59.1 Å². The number of thiazole rings is 1. The number of likely N-dealkylation sites (N-methyl/N-ethyl adjacent to an activating group) is 1. The molecule has 0 bridgehead atoms. The fourth-order valence-electron chi connectivity index (χ4n) is 2.15. The average molecular weight is 324 g/mol. The molecule has 0 amide bonds. The van der Waals surface area contributed by atoms with Crippen LogP contribution in [0.25, 0.3) is 0 Å². The van der Waals surface area contributed by atoms with Crippen molar-refractivity contribution in [2.45, 2.75) is 31.2 Å². The van der Waals surface area contributed by atoms with Crippen LogP contribution < -0.4 is 5.32 Å². The van der Waals surface area contributed by atoms with Gasteiger partial charge in [0.15, 0.2) is 9.84 Å². The maximum Gasteiger partial charge on any atom is 0.175 e. The second kappa shape index (κ2) is 6.25. The smallest absolute Gasteiger partial charge is 0.175 e. The van der Waals surface area contributed by atoms with Gasteiger partial charge in [-0.05, 0) is 38.6 Å². The molecule has 4 nitrogen and oxygen atoms in total. The third-order valence-corrected chi connectivity index (χ3v) is 5.69. The minimum absolute atomic E-state index is 0.0525. The van der Waals surface area contributed by atoms with Gasteiger partial charge >= 0.3 is 0 Å². The molecule has 0 fully saturated rings. The average Bonchev–Trinajstić information content (AvgIpc) is 2.74. The molecule has 1 aromatic carbocycles. The molecule has 1 heterocycles. The molecule has 0 aliphatic carbocycles. The quantitative estimate of drug-likeness (QED) is 0.918. The van der Waals surface area contributed by atoms with Crippen LogP contribution in [-0.4, -0.2) is 26.7 Å². The van der Waals surface area contributed by atoms with Crippen LogP contribution in [0.5, 0.6) is 0 Å². The maximum absolute atomic E-state index is 11.7. The van der Waals surface area contributed by atoms with E-state index in [1.165, 1.54) is 11.1 Å². The van der Waals surface area contributed by atoms with E-state index in [9.17, 15) is 8.42 Å². The van der Waals surface area contributed by atoms with Crippen molar-refractivity contribution < 1.29 is 8.42 Å². The van der Waals surface area contributed by atoms with Gasteiger partial charge in [-0.1, -0.05) is 12.1 Å².